The van der Waals surface area contributed by atoms with Gasteiger partial charge < -0.3 is 9.72 Å². The minimum Gasteiger partial charge on any atom is -0.322 e. The third kappa shape index (κ3) is 5.12. The molecule has 2 heterocycles. The molecule has 34 heavy (non-hydrogen) atoms. The van der Waals surface area contributed by atoms with Crippen molar-refractivity contribution in [1.29, 1.82) is 0 Å². The molecule has 0 aliphatic carbocycles. The molecule has 0 saturated heterocycles. The first-order valence-corrected chi connectivity index (χ1v) is 10.9. The van der Waals surface area contributed by atoms with Crippen LogP contribution in [0.4, 0.5) is 32.0 Å². The Morgan fingerprint density at radius 3 is 2.00 bits per heavy atom. The van der Waals surface area contributed by atoms with Crippen molar-refractivity contribution in [2.75, 3.05) is 5.32 Å². The number of nitrogens with one attached hydrogen (secondary N) is 1. The summed E-state index contributed by atoms with van der Waals surface area (Å²) < 4.78 is 81.7. The highest BCUT2D eigenvalue weighted by Gasteiger charge is 2.37. The van der Waals surface area contributed by atoms with E-state index in [1.807, 2.05) is 12.3 Å². The number of imidazole rings is 1. The van der Waals surface area contributed by atoms with Gasteiger partial charge >= 0.3 is 12.4 Å². The Morgan fingerprint density at radius 1 is 0.853 bits per heavy atom. The lowest BCUT2D eigenvalue weighted by Crippen LogP contribution is -2.17. The quantitative estimate of drug-likeness (QED) is 0.242. The number of carbonyl (C=O) groups excluding carboxylic acids is 1. The topological polar surface area (TPSA) is 46.4 Å². The number of pyridine rings is 1. The predicted molar refractivity (Wildman–Crippen MR) is 120 cm³/mol. The molecule has 12 heteroatoms. The number of amides is 1. The van der Waals surface area contributed by atoms with Crippen molar-refractivity contribution in [2.24, 2.45) is 0 Å². The molecule has 2 aromatic carbocycles. The summed E-state index contributed by atoms with van der Waals surface area (Å²) in [5.74, 6) is -1.11. The van der Waals surface area contributed by atoms with Gasteiger partial charge in [-0.2, -0.15) is 26.3 Å². The van der Waals surface area contributed by atoms with Crippen LogP contribution >= 0.6 is 31.9 Å². The van der Waals surface area contributed by atoms with Crippen LogP contribution in [0.1, 0.15) is 21.5 Å². The third-order valence-corrected chi connectivity index (χ3v) is 5.78. The molecule has 4 nitrogen and oxygen atoms in total. The van der Waals surface area contributed by atoms with E-state index in [0.29, 0.717) is 29.0 Å². The van der Waals surface area contributed by atoms with E-state index in [1.54, 1.807) is 22.7 Å². The predicted octanol–water partition coefficient (Wildman–Crippen LogP) is 7.82. The zero-order valence-corrected chi connectivity index (χ0v) is 19.8. The van der Waals surface area contributed by atoms with E-state index < -0.39 is 35.0 Å². The fraction of sp³-hybridized carbons (Fsp3) is 0.0909. The third-order valence-electron chi connectivity index (χ3n) is 4.76. The number of fused-ring (bicyclic) bond motifs is 1. The van der Waals surface area contributed by atoms with Gasteiger partial charge in [0.25, 0.3) is 5.91 Å². The molecular formula is C22H11Br2F6N3O. The normalized spacial score (nSPS) is 12.2. The van der Waals surface area contributed by atoms with Crippen LogP contribution in [-0.4, -0.2) is 15.3 Å². The summed E-state index contributed by atoms with van der Waals surface area (Å²) >= 11 is 6.81. The zero-order chi connectivity index (χ0) is 24.8. The summed E-state index contributed by atoms with van der Waals surface area (Å²) in [5, 5.41) is 2.32. The maximum atomic E-state index is 13.0. The fourth-order valence-corrected chi connectivity index (χ4v) is 4.47. The van der Waals surface area contributed by atoms with Crippen LogP contribution in [0.15, 0.2) is 69.9 Å². The standard InChI is InChI=1S/C22H11Br2F6N3O/c23-15-8-17(24)19-32-18(10-33(19)9-15)11-1-3-16(4-2-11)31-20(34)12-5-13(21(25,26)27)7-14(6-12)22(28,29)30/h1-10H,(H,31,34). The summed E-state index contributed by atoms with van der Waals surface area (Å²) in [6.45, 7) is 0. The average molecular weight is 607 g/mol. The van der Waals surface area contributed by atoms with Gasteiger partial charge in [0.05, 0.1) is 21.3 Å². The van der Waals surface area contributed by atoms with E-state index in [4.69, 9.17) is 0 Å². The monoisotopic (exact) mass is 605 g/mol. The van der Waals surface area contributed by atoms with E-state index in [9.17, 15) is 31.1 Å². The van der Waals surface area contributed by atoms with Crippen LogP contribution in [0.5, 0.6) is 0 Å². The summed E-state index contributed by atoms with van der Waals surface area (Å²) in [6.07, 6.45) is -6.50. The van der Waals surface area contributed by atoms with E-state index in [1.165, 1.54) is 12.1 Å². The van der Waals surface area contributed by atoms with Gasteiger partial charge in [-0.25, -0.2) is 4.98 Å². The molecule has 1 amide bonds. The number of hydrogen-bond donors (Lipinski definition) is 1. The molecule has 0 radical (unpaired) electrons. The largest absolute Gasteiger partial charge is 0.416 e. The highest BCUT2D eigenvalue weighted by molar-refractivity contribution is 9.11. The number of nitrogens with zero attached hydrogens (tertiary/aromatic N) is 2. The van der Waals surface area contributed by atoms with Crippen LogP contribution in [0.25, 0.3) is 16.9 Å². The first kappa shape index (κ1) is 24.3. The van der Waals surface area contributed by atoms with Crippen molar-refractivity contribution in [3.8, 4) is 11.3 Å². The molecule has 0 atom stereocenters. The Hall–Kier alpha value is -2.86. The van der Waals surface area contributed by atoms with Gasteiger partial charge in [0, 0.05) is 33.7 Å². The Balaban J connectivity index is 1.59. The number of halogens is 8. The molecule has 0 spiro atoms. The van der Waals surface area contributed by atoms with Crippen molar-refractivity contribution >= 4 is 49.1 Å². The summed E-state index contributed by atoms with van der Waals surface area (Å²) in [4.78, 5) is 17.0. The van der Waals surface area contributed by atoms with Gasteiger partial charge in [-0.3, -0.25) is 4.79 Å². The summed E-state index contributed by atoms with van der Waals surface area (Å²) in [6, 6.07) is 8.75. The number of aromatic nitrogens is 2. The minimum atomic E-state index is -5.05. The van der Waals surface area contributed by atoms with Gasteiger partial charge in [0.1, 0.15) is 0 Å². The number of alkyl halides is 6. The van der Waals surface area contributed by atoms with E-state index in [-0.39, 0.29) is 11.8 Å². The second-order valence-electron chi connectivity index (χ2n) is 7.19. The highest BCUT2D eigenvalue weighted by Crippen LogP contribution is 2.36. The first-order chi connectivity index (χ1) is 15.8. The van der Waals surface area contributed by atoms with Gasteiger partial charge in [0.15, 0.2) is 5.65 Å². The molecule has 0 fully saturated rings. The summed E-state index contributed by atoms with van der Waals surface area (Å²) in [7, 11) is 0. The molecule has 0 bridgehead atoms. The number of benzene rings is 2. The lowest BCUT2D eigenvalue weighted by atomic mass is 10.0. The molecule has 0 aliphatic heterocycles. The molecule has 176 valence electrons. The molecule has 0 unspecified atom stereocenters. The van der Waals surface area contributed by atoms with Crippen LogP contribution < -0.4 is 5.32 Å². The molecule has 4 aromatic rings. The number of carbonyl (C=O) groups is 1. The van der Waals surface area contributed by atoms with E-state index >= 15 is 0 Å². The van der Waals surface area contributed by atoms with Crippen LogP contribution in [0.2, 0.25) is 0 Å². The number of hydrogen-bond acceptors (Lipinski definition) is 2. The van der Waals surface area contributed by atoms with Gasteiger partial charge in [-0.1, -0.05) is 12.1 Å². The Morgan fingerprint density at radius 2 is 1.44 bits per heavy atom. The van der Waals surface area contributed by atoms with Crippen LogP contribution in [0.3, 0.4) is 0 Å². The zero-order valence-electron chi connectivity index (χ0n) is 16.6. The van der Waals surface area contributed by atoms with E-state index in [2.05, 4.69) is 42.2 Å². The van der Waals surface area contributed by atoms with Gasteiger partial charge in [-0.15, -0.1) is 0 Å². The second-order valence-corrected chi connectivity index (χ2v) is 8.96. The molecule has 2 aromatic heterocycles. The van der Waals surface area contributed by atoms with E-state index in [0.717, 1.165) is 8.95 Å². The molecule has 0 saturated carbocycles. The van der Waals surface area contributed by atoms with Gasteiger partial charge in [-0.05, 0) is 68.3 Å². The van der Waals surface area contributed by atoms with Crippen molar-refractivity contribution in [3.05, 3.63) is 86.6 Å². The maximum absolute atomic E-state index is 13.0. The Labute approximate surface area is 204 Å². The molecule has 0 aliphatic rings. The molecular weight excluding hydrogens is 596 g/mol. The van der Waals surface area contributed by atoms with Crippen LogP contribution in [-0.2, 0) is 12.4 Å². The Bertz CT molecular complexity index is 1360. The maximum Gasteiger partial charge on any atom is 0.416 e. The lowest BCUT2D eigenvalue weighted by molar-refractivity contribution is -0.143. The SMILES string of the molecule is O=C(Nc1ccc(-c2cn3cc(Br)cc(Br)c3n2)cc1)c1cc(C(F)(F)F)cc(C(F)(F)F)c1. The average Bonchev–Trinajstić information content (AvgIpc) is 3.17. The van der Waals surface area contributed by atoms with Crippen molar-refractivity contribution in [3.63, 3.8) is 0 Å². The number of rotatable bonds is 3. The minimum absolute atomic E-state index is 0.0304. The van der Waals surface area contributed by atoms with Crippen molar-refractivity contribution < 1.29 is 31.1 Å². The first-order valence-electron chi connectivity index (χ1n) is 9.36. The second kappa shape index (κ2) is 8.73. The van der Waals surface area contributed by atoms with Crippen molar-refractivity contribution in [2.45, 2.75) is 12.4 Å². The smallest absolute Gasteiger partial charge is 0.322 e. The molecule has 4 rings (SSSR count). The highest BCUT2D eigenvalue weighted by atomic mass is 79.9. The Kier molecular flexibility index (Phi) is 6.23. The van der Waals surface area contributed by atoms with Crippen LogP contribution in [0, 0.1) is 0 Å². The van der Waals surface area contributed by atoms with Gasteiger partial charge in [0.2, 0.25) is 0 Å². The number of anilines is 1. The van der Waals surface area contributed by atoms with Crippen molar-refractivity contribution in [1.82, 2.24) is 9.38 Å². The summed E-state index contributed by atoms with van der Waals surface area (Å²) in [5.41, 5.74) is -1.73. The lowest BCUT2D eigenvalue weighted by Gasteiger charge is -2.14. The fourth-order valence-electron chi connectivity index (χ4n) is 3.18. The molecule has 1 N–H and O–H groups in total.